The van der Waals surface area contributed by atoms with Crippen molar-refractivity contribution in [2.75, 3.05) is 31.6 Å². The summed E-state index contributed by atoms with van der Waals surface area (Å²) in [5, 5.41) is 6.45. The van der Waals surface area contributed by atoms with Crippen LogP contribution in [-0.4, -0.2) is 42.3 Å². The molecule has 1 atom stereocenters. The zero-order valence-electron chi connectivity index (χ0n) is 10.2. The van der Waals surface area contributed by atoms with Crippen molar-refractivity contribution in [3.05, 3.63) is 22.2 Å². The number of aromatic amines is 1. The molecule has 0 amide bonds. The first-order chi connectivity index (χ1) is 8.81. The van der Waals surface area contributed by atoms with E-state index in [1.165, 1.54) is 6.07 Å². The molecule has 0 spiro atoms. The quantitative estimate of drug-likeness (QED) is 0.703. The van der Waals surface area contributed by atoms with Crippen LogP contribution < -0.4 is 16.2 Å². The highest BCUT2D eigenvalue weighted by atomic mass is 16.5. The van der Waals surface area contributed by atoms with E-state index >= 15 is 0 Å². The molecule has 1 aliphatic carbocycles. The van der Waals surface area contributed by atoms with Gasteiger partial charge in [-0.15, -0.1) is 0 Å². The van der Waals surface area contributed by atoms with Crippen LogP contribution in [0.15, 0.2) is 10.9 Å². The first-order valence-electron chi connectivity index (χ1n) is 6.49. The molecule has 3 rings (SSSR count). The molecule has 6 heteroatoms. The molecule has 6 nitrogen and oxygen atoms in total. The second kappa shape index (κ2) is 5.07. The molecular formula is C12H18N4O2. The van der Waals surface area contributed by atoms with E-state index in [2.05, 4.69) is 20.6 Å². The molecule has 1 saturated heterocycles. The Kier molecular flexibility index (Phi) is 3.29. The molecule has 1 aromatic rings. The summed E-state index contributed by atoms with van der Waals surface area (Å²) in [4.78, 5) is 18.7. The summed E-state index contributed by atoms with van der Waals surface area (Å²) in [5.74, 6) is 1.91. The van der Waals surface area contributed by atoms with Crippen LogP contribution >= 0.6 is 0 Å². The fourth-order valence-electron chi connectivity index (χ4n) is 2.09. The van der Waals surface area contributed by atoms with Gasteiger partial charge in [0.2, 0.25) is 0 Å². The standard InChI is InChI=1S/C12H18N4O2/c17-11-5-10(15-12(16-11)8-1-2-8)14-7-9-6-13-3-4-18-9/h5,8-9,13H,1-4,6-7H2,(H2,14,15,16,17). The van der Waals surface area contributed by atoms with Gasteiger partial charge in [-0.25, -0.2) is 4.98 Å². The summed E-state index contributed by atoms with van der Waals surface area (Å²) < 4.78 is 5.58. The Hall–Kier alpha value is -1.40. The maximum absolute atomic E-state index is 11.5. The van der Waals surface area contributed by atoms with Crippen molar-refractivity contribution < 1.29 is 4.74 Å². The van der Waals surface area contributed by atoms with Crippen molar-refractivity contribution in [2.24, 2.45) is 0 Å². The van der Waals surface area contributed by atoms with Crippen LogP contribution in [-0.2, 0) is 4.74 Å². The maximum atomic E-state index is 11.5. The molecule has 1 unspecified atom stereocenters. The molecule has 1 saturated carbocycles. The number of H-pyrrole nitrogens is 1. The predicted octanol–water partition coefficient (Wildman–Crippen LogP) is 0.0476. The Morgan fingerprint density at radius 3 is 3.11 bits per heavy atom. The molecule has 2 fully saturated rings. The van der Waals surface area contributed by atoms with E-state index < -0.39 is 0 Å². The van der Waals surface area contributed by atoms with Crippen LogP contribution in [0, 0.1) is 0 Å². The first kappa shape index (κ1) is 11.7. The number of rotatable bonds is 4. The van der Waals surface area contributed by atoms with Gasteiger partial charge in [0.25, 0.3) is 5.56 Å². The molecule has 0 bridgehead atoms. The third-order valence-electron chi connectivity index (χ3n) is 3.24. The summed E-state index contributed by atoms with van der Waals surface area (Å²) in [7, 11) is 0. The number of morpholine rings is 1. The number of hydrogen-bond acceptors (Lipinski definition) is 5. The van der Waals surface area contributed by atoms with Crippen LogP contribution in [0.2, 0.25) is 0 Å². The van der Waals surface area contributed by atoms with Crippen molar-refractivity contribution in [1.29, 1.82) is 0 Å². The average molecular weight is 250 g/mol. The minimum absolute atomic E-state index is 0.0860. The van der Waals surface area contributed by atoms with Gasteiger partial charge < -0.3 is 20.4 Å². The highest BCUT2D eigenvalue weighted by Gasteiger charge is 2.26. The molecule has 0 aromatic carbocycles. The molecule has 0 radical (unpaired) electrons. The molecule has 98 valence electrons. The summed E-state index contributed by atoms with van der Waals surface area (Å²) in [6, 6.07) is 1.50. The largest absolute Gasteiger partial charge is 0.374 e. The van der Waals surface area contributed by atoms with E-state index in [-0.39, 0.29) is 11.7 Å². The van der Waals surface area contributed by atoms with Crippen molar-refractivity contribution in [1.82, 2.24) is 15.3 Å². The lowest BCUT2D eigenvalue weighted by Crippen LogP contribution is -2.42. The lowest BCUT2D eigenvalue weighted by atomic mass is 10.3. The lowest BCUT2D eigenvalue weighted by Gasteiger charge is -2.23. The Bertz CT molecular complexity index is 463. The van der Waals surface area contributed by atoms with Crippen molar-refractivity contribution in [2.45, 2.75) is 24.9 Å². The summed E-state index contributed by atoms with van der Waals surface area (Å²) in [5.41, 5.74) is -0.0860. The topological polar surface area (TPSA) is 79.0 Å². The fraction of sp³-hybridized carbons (Fsp3) is 0.667. The van der Waals surface area contributed by atoms with Crippen LogP contribution in [0.5, 0.6) is 0 Å². The van der Waals surface area contributed by atoms with Gasteiger partial charge in [-0.05, 0) is 12.8 Å². The monoisotopic (exact) mass is 250 g/mol. The van der Waals surface area contributed by atoms with Gasteiger partial charge in [0.1, 0.15) is 11.6 Å². The van der Waals surface area contributed by atoms with Crippen LogP contribution in [0.4, 0.5) is 5.82 Å². The zero-order valence-corrected chi connectivity index (χ0v) is 10.2. The number of hydrogen-bond donors (Lipinski definition) is 3. The van der Waals surface area contributed by atoms with E-state index in [9.17, 15) is 4.79 Å². The van der Waals surface area contributed by atoms with Gasteiger partial charge in [0.15, 0.2) is 0 Å². The third-order valence-corrected chi connectivity index (χ3v) is 3.24. The van der Waals surface area contributed by atoms with Gasteiger partial charge in [-0.1, -0.05) is 0 Å². The molecular weight excluding hydrogens is 232 g/mol. The highest BCUT2D eigenvalue weighted by molar-refractivity contribution is 5.34. The summed E-state index contributed by atoms with van der Waals surface area (Å²) in [6.45, 7) is 3.16. The fourth-order valence-corrected chi connectivity index (χ4v) is 2.09. The second-order valence-corrected chi connectivity index (χ2v) is 4.87. The molecule has 1 aromatic heterocycles. The van der Waals surface area contributed by atoms with Gasteiger partial charge in [-0.3, -0.25) is 4.79 Å². The Morgan fingerprint density at radius 2 is 2.39 bits per heavy atom. The number of aromatic nitrogens is 2. The molecule has 18 heavy (non-hydrogen) atoms. The molecule has 2 heterocycles. The van der Waals surface area contributed by atoms with Crippen LogP contribution in [0.3, 0.4) is 0 Å². The average Bonchev–Trinajstić information content (AvgIpc) is 3.21. The minimum atomic E-state index is -0.0860. The SMILES string of the molecule is O=c1cc(NCC2CNCCO2)nc(C2CC2)[nH]1. The number of nitrogens with one attached hydrogen (secondary N) is 3. The van der Waals surface area contributed by atoms with E-state index in [0.717, 1.165) is 38.4 Å². The lowest BCUT2D eigenvalue weighted by molar-refractivity contribution is 0.0372. The van der Waals surface area contributed by atoms with Gasteiger partial charge in [0, 0.05) is 31.6 Å². The van der Waals surface area contributed by atoms with Crippen LogP contribution in [0.25, 0.3) is 0 Å². The van der Waals surface area contributed by atoms with Crippen molar-refractivity contribution in [3.8, 4) is 0 Å². The third kappa shape index (κ3) is 2.88. The van der Waals surface area contributed by atoms with Gasteiger partial charge >= 0.3 is 0 Å². The van der Waals surface area contributed by atoms with E-state index in [4.69, 9.17) is 4.74 Å². The molecule has 3 N–H and O–H groups in total. The van der Waals surface area contributed by atoms with E-state index in [1.807, 2.05) is 0 Å². The maximum Gasteiger partial charge on any atom is 0.252 e. The summed E-state index contributed by atoms with van der Waals surface area (Å²) in [6.07, 6.45) is 2.40. The highest BCUT2D eigenvalue weighted by Crippen LogP contribution is 2.37. The predicted molar refractivity (Wildman–Crippen MR) is 67.9 cm³/mol. The number of ether oxygens (including phenoxy) is 1. The van der Waals surface area contributed by atoms with E-state index in [0.29, 0.717) is 18.3 Å². The Labute approximate surface area is 105 Å². The van der Waals surface area contributed by atoms with Crippen molar-refractivity contribution in [3.63, 3.8) is 0 Å². The number of nitrogens with zero attached hydrogens (tertiary/aromatic N) is 1. The molecule has 1 aliphatic heterocycles. The van der Waals surface area contributed by atoms with Gasteiger partial charge in [-0.2, -0.15) is 0 Å². The second-order valence-electron chi connectivity index (χ2n) is 4.87. The smallest absolute Gasteiger partial charge is 0.252 e. The normalized spacial score (nSPS) is 23.9. The van der Waals surface area contributed by atoms with Crippen LogP contribution in [0.1, 0.15) is 24.6 Å². The minimum Gasteiger partial charge on any atom is -0.374 e. The van der Waals surface area contributed by atoms with Crippen molar-refractivity contribution >= 4 is 5.82 Å². The zero-order chi connectivity index (χ0) is 12.4. The van der Waals surface area contributed by atoms with Gasteiger partial charge in [0.05, 0.1) is 12.7 Å². The first-order valence-corrected chi connectivity index (χ1v) is 6.49. The number of anilines is 1. The Balaban J connectivity index is 1.62. The van der Waals surface area contributed by atoms with E-state index in [1.54, 1.807) is 0 Å². The molecule has 2 aliphatic rings. The Morgan fingerprint density at radius 1 is 1.50 bits per heavy atom. The summed E-state index contributed by atoms with van der Waals surface area (Å²) >= 11 is 0.